The Balaban J connectivity index is 2.63. The summed E-state index contributed by atoms with van der Waals surface area (Å²) < 4.78 is 82.0. The topological polar surface area (TPSA) is 72.1 Å². The van der Waals surface area contributed by atoms with Gasteiger partial charge in [-0.15, -0.1) is 0 Å². The summed E-state index contributed by atoms with van der Waals surface area (Å²) >= 11 is 0.619. The summed E-state index contributed by atoms with van der Waals surface area (Å²) in [5, 5.41) is 19.1. The maximum Gasteiger partial charge on any atom is 0.417 e. The van der Waals surface area contributed by atoms with E-state index < -0.39 is 28.6 Å². The molecule has 45 heavy (non-hydrogen) atoms. The van der Waals surface area contributed by atoms with Crippen LogP contribution in [-0.2, 0) is 10.9 Å². The number of nitriles is 1. The molecule has 2 aromatic rings. The zero-order valence-corrected chi connectivity index (χ0v) is 27.8. The fourth-order valence-corrected chi connectivity index (χ4v) is 6.53. The number of nitrogens with one attached hydrogen (secondary N) is 2. The summed E-state index contributed by atoms with van der Waals surface area (Å²) in [6.07, 6.45) is -0.152. The Bertz CT molecular complexity index is 1740. The Morgan fingerprint density at radius 3 is 2.36 bits per heavy atom. The quantitative estimate of drug-likeness (QED) is 0.190. The van der Waals surface area contributed by atoms with Crippen molar-refractivity contribution < 1.29 is 26.7 Å². The fraction of sp³-hybridized carbons (Fsp3) is 0.471. The predicted octanol–water partition coefficient (Wildman–Crippen LogP) is 8.25. The van der Waals surface area contributed by atoms with Gasteiger partial charge in [-0.25, -0.2) is 8.78 Å². The van der Waals surface area contributed by atoms with Crippen molar-refractivity contribution in [1.29, 1.82) is 10.7 Å². The Morgan fingerprint density at radius 1 is 1.16 bits per heavy atom. The Hall–Kier alpha value is -3.52. The molecule has 2 unspecified atom stereocenters. The van der Waals surface area contributed by atoms with Crippen LogP contribution in [0.25, 0.3) is 11.3 Å². The monoisotopic (exact) mass is 648 g/mol. The van der Waals surface area contributed by atoms with Gasteiger partial charge in [0, 0.05) is 34.4 Å². The second-order valence-electron chi connectivity index (χ2n) is 11.7. The van der Waals surface area contributed by atoms with Crippen molar-refractivity contribution in [3.8, 4) is 6.07 Å². The second kappa shape index (κ2) is 14.7. The Labute approximate surface area is 265 Å². The highest BCUT2D eigenvalue weighted by Gasteiger charge is 2.35. The zero-order chi connectivity index (χ0) is 33.8. The number of hydrogen-bond acceptors (Lipinski definition) is 6. The lowest BCUT2D eigenvalue weighted by atomic mass is 9.92. The van der Waals surface area contributed by atoms with Crippen molar-refractivity contribution in [3.63, 3.8) is 0 Å². The molecule has 3 rings (SSSR count). The van der Waals surface area contributed by atoms with Crippen LogP contribution in [0.4, 0.5) is 27.6 Å². The van der Waals surface area contributed by atoms with Gasteiger partial charge in [0.05, 0.1) is 28.8 Å². The largest absolute Gasteiger partial charge is 0.483 e. The lowest BCUT2D eigenvalue weighted by molar-refractivity contribution is -0.138. The van der Waals surface area contributed by atoms with Crippen LogP contribution >= 0.6 is 11.8 Å². The molecule has 0 amide bonds. The minimum atomic E-state index is -5.02. The van der Waals surface area contributed by atoms with Gasteiger partial charge in [-0.3, -0.25) is 5.41 Å². The molecule has 0 spiro atoms. The number of benzene rings is 2. The maximum absolute atomic E-state index is 17.0. The van der Waals surface area contributed by atoms with Crippen LogP contribution < -0.4 is 15.8 Å². The average Bonchev–Trinajstić information content (AvgIpc) is 3.33. The first-order valence-corrected chi connectivity index (χ1v) is 15.8. The number of allylic oxidation sites excluding steroid dienone is 1. The maximum atomic E-state index is 17.0. The van der Waals surface area contributed by atoms with Crippen molar-refractivity contribution >= 4 is 33.8 Å². The van der Waals surface area contributed by atoms with Gasteiger partial charge in [-0.2, -0.15) is 18.4 Å². The molecule has 0 saturated carbocycles. The molecule has 2 N–H and O–H groups in total. The van der Waals surface area contributed by atoms with E-state index in [9.17, 15) is 22.8 Å². The van der Waals surface area contributed by atoms with Gasteiger partial charge in [0.15, 0.2) is 11.7 Å². The molecule has 0 saturated heterocycles. The van der Waals surface area contributed by atoms with E-state index in [1.54, 1.807) is 19.1 Å². The van der Waals surface area contributed by atoms with E-state index in [-0.39, 0.29) is 54.7 Å². The highest BCUT2D eigenvalue weighted by atomic mass is 32.2. The molecule has 244 valence electrons. The molecule has 0 bridgehead atoms. The van der Waals surface area contributed by atoms with Crippen LogP contribution in [0.2, 0.25) is 0 Å². The molecular formula is C34H41F5N4OS. The summed E-state index contributed by atoms with van der Waals surface area (Å²) in [6.45, 7) is 11.9. The number of thioether (sulfide) groups is 1. The van der Waals surface area contributed by atoms with Crippen LogP contribution in [0, 0.1) is 50.6 Å². The lowest BCUT2D eigenvalue weighted by Gasteiger charge is -2.35. The highest BCUT2D eigenvalue weighted by molar-refractivity contribution is 8.15. The van der Waals surface area contributed by atoms with E-state index >= 15 is 4.39 Å². The molecule has 11 heteroatoms. The molecule has 0 radical (unpaired) electrons. The number of alkyl halides is 3. The first-order chi connectivity index (χ1) is 21.1. The molecule has 0 fully saturated rings. The third kappa shape index (κ3) is 7.49. The van der Waals surface area contributed by atoms with Crippen molar-refractivity contribution in [1.82, 2.24) is 4.90 Å². The number of anilines is 1. The number of nitrogens with zero attached hydrogens (tertiary/aromatic N) is 2. The molecule has 0 aliphatic carbocycles. The van der Waals surface area contributed by atoms with Crippen LogP contribution in [0.1, 0.15) is 72.8 Å². The minimum Gasteiger partial charge on any atom is -0.483 e. The second-order valence-corrected chi connectivity index (χ2v) is 12.7. The van der Waals surface area contributed by atoms with Crippen molar-refractivity contribution in [2.75, 3.05) is 19.5 Å². The van der Waals surface area contributed by atoms with Crippen LogP contribution in [0.5, 0.6) is 0 Å². The molecule has 1 aliphatic heterocycles. The predicted molar refractivity (Wildman–Crippen MR) is 170 cm³/mol. The minimum absolute atomic E-state index is 0.00956. The van der Waals surface area contributed by atoms with Crippen LogP contribution in [0.3, 0.4) is 0 Å². The first kappa shape index (κ1) is 36.0. The van der Waals surface area contributed by atoms with Crippen LogP contribution in [-0.4, -0.2) is 30.1 Å². The van der Waals surface area contributed by atoms with Gasteiger partial charge in [0.25, 0.3) is 0 Å². The molecule has 2 atom stereocenters. The van der Waals surface area contributed by atoms with Gasteiger partial charge >= 0.3 is 6.18 Å². The van der Waals surface area contributed by atoms with E-state index in [1.165, 1.54) is 7.11 Å². The number of rotatable bonds is 11. The molecule has 1 aliphatic rings. The van der Waals surface area contributed by atoms with Crippen LogP contribution in [0.15, 0.2) is 35.1 Å². The Morgan fingerprint density at radius 2 is 1.82 bits per heavy atom. The molecule has 2 aromatic carbocycles. The smallest absolute Gasteiger partial charge is 0.417 e. The highest BCUT2D eigenvalue weighted by Crippen LogP contribution is 2.34. The number of methoxy groups -OCH3 is 1. The SMILES string of the molecule is CC/C=C(/Nc1c(F)/c(=c2\ccc(F)c3c2=C(C#N)C(=N)S3)c(C(F)(F)F)c/c1=C(/C)N(C)C(CCC(C)CC)C(C)C)OC. The van der Waals surface area contributed by atoms with E-state index in [4.69, 9.17) is 10.1 Å². The van der Waals surface area contributed by atoms with Gasteiger partial charge in [-0.1, -0.05) is 58.9 Å². The molecular weight excluding hydrogens is 607 g/mol. The average molecular weight is 649 g/mol. The summed E-state index contributed by atoms with van der Waals surface area (Å²) in [4.78, 5) is 1.73. The van der Waals surface area contributed by atoms with Crippen molar-refractivity contribution in [3.05, 3.63) is 68.2 Å². The number of fused-ring (bicyclic) bond motifs is 1. The van der Waals surface area contributed by atoms with Gasteiger partial charge in [0.1, 0.15) is 16.9 Å². The standard InChI is InChI=1S/C34H41F5N4OS/c1-9-11-27(44-8)42-31-22(20(6)43(7)26(18(3)4)15-12-19(5)10-2)16-24(34(37,38)39)29(30(31)36)21-13-14-25(35)32-28(21)23(17-40)33(41)45-32/h11,13-14,16,18-19,26,41-42H,9-10,12,15H2,1-8H3/b22-20+,27-11-,29-21+,41-33?. The van der Waals surface area contributed by atoms with E-state index in [2.05, 4.69) is 33.0 Å². The summed E-state index contributed by atoms with van der Waals surface area (Å²) in [7, 11) is 3.18. The molecule has 0 aromatic heterocycles. The number of ether oxygens (including phenoxy) is 1. The normalized spacial score (nSPS) is 16.3. The van der Waals surface area contributed by atoms with E-state index in [0.29, 0.717) is 29.8 Å². The summed E-state index contributed by atoms with van der Waals surface area (Å²) in [6, 6.07) is 4.64. The summed E-state index contributed by atoms with van der Waals surface area (Å²) in [5.74, 6) is -1.28. The molecule has 1 heterocycles. The van der Waals surface area contributed by atoms with E-state index in [0.717, 1.165) is 37.5 Å². The van der Waals surface area contributed by atoms with E-state index in [1.807, 2.05) is 18.9 Å². The first-order valence-electron chi connectivity index (χ1n) is 15.0. The van der Waals surface area contributed by atoms with Gasteiger partial charge < -0.3 is 15.0 Å². The Kier molecular flexibility index (Phi) is 11.8. The summed E-state index contributed by atoms with van der Waals surface area (Å²) in [5.41, 5.74) is -1.41. The van der Waals surface area contributed by atoms with Crippen molar-refractivity contribution in [2.24, 2.45) is 11.8 Å². The third-order valence-corrected chi connectivity index (χ3v) is 9.45. The lowest BCUT2D eigenvalue weighted by Crippen LogP contribution is -2.37. The van der Waals surface area contributed by atoms with Gasteiger partial charge in [-0.05, 0) is 61.4 Å². The number of hydrogen-bond donors (Lipinski definition) is 2. The molecule has 5 nitrogen and oxygen atoms in total. The van der Waals surface area contributed by atoms with Crippen molar-refractivity contribution in [2.45, 2.75) is 84.3 Å². The number of halogens is 5. The van der Waals surface area contributed by atoms with Gasteiger partial charge in [0.2, 0.25) is 0 Å². The zero-order valence-electron chi connectivity index (χ0n) is 27.0. The fourth-order valence-electron chi connectivity index (χ4n) is 5.60. The third-order valence-electron chi connectivity index (χ3n) is 8.44.